The molecule has 5 heteroatoms. The van der Waals surface area contributed by atoms with Gasteiger partial charge >= 0.3 is 0 Å². The second-order valence-corrected chi connectivity index (χ2v) is 3.78. The first kappa shape index (κ1) is 12.7. The summed E-state index contributed by atoms with van der Waals surface area (Å²) in [6.45, 7) is 1.31. The number of nitrogens with two attached hydrogens (primary N) is 1. The fourth-order valence-electron chi connectivity index (χ4n) is 1.37. The first-order valence-electron chi connectivity index (χ1n) is 5.12. The molecule has 0 heterocycles. The van der Waals surface area contributed by atoms with Crippen LogP contribution in [0.2, 0.25) is 0 Å². The van der Waals surface area contributed by atoms with Gasteiger partial charge in [0, 0.05) is 0 Å². The second kappa shape index (κ2) is 5.14. The molecular formula is C11H17FN2O2. The molecule has 1 aromatic carbocycles. The number of rotatable bonds is 5. The maximum Gasteiger partial charge on any atom is 0.148 e. The zero-order valence-corrected chi connectivity index (χ0v) is 9.20. The lowest BCUT2D eigenvalue weighted by Gasteiger charge is -2.31. The Hall–Kier alpha value is -1.33. The Morgan fingerprint density at radius 3 is 2.50 bits per heavy atom. The van der Waals surface area contributed by atoms with Gasteiger partial charge in [0.05, 0.1) is 30.1 Å². The summed E-state index contributed by atoms with van der Waals surface area (Å²) >= 11 is 0. The van der Waals surface area contributed by atoms with Gasteiger partial charge in [0.25, 0.3) is 0 Å². The van der Waals surface area contributed by atoms with Crippen molar-refractivity contribution >= 4 is 11.4 Å². The lowest BCUT2D eigenvalue weighted by Crippen LogP contribution is -2.45. The molecule has 0 aromatic heterocycles. The molecule has 1 rings (SSSR count). The van der Waals surface area contributed by atoms with Gasteiger partial charge < -0.3 is 21.3 Å². The van der Waals surface area contributed by atoms with Gasteiger partial charge in [-0.1, -0.05) is 13.0 Å². The van der Waals surface area contributed by atoms with Gasteiger partial charge in [-0.05, 0) is 18.6 Å². The third kappa shape index (κ3) is 2.43. The Morgan fingerprint density at radius 2 is 2.00 bits per heavy atom. The van der Waals surface area contributed by atoms with E-state index >= 15 is 0 Å². The van der Waals surface area contributed by atoms with Crippen molar-refractivity contribution < 1.29 is 14.6 Å². The van der Waals surface area contributed by atoms with E-state index in [2.05, 4.69) is 5.32 Å². The van der Waals surface area contributed by atoms with Crippen molar-refractivity contribution in [2.24, 2.45) is 0 Å². The molecule has 0 spiro atoms. The van der Waals surface area contributed by atoms with Crippen LogP contribution in [0.1, 0.15) is 13.3 Å². The average molecular weight is 228 g/mol. The zero-order chi connectivity index (χ0) is 12.2. The number of aliphatic hydroxyl groups is 2. The number of para-hydroxylation sites is 1. The maximum atomic E-state index is 13.2. The molecule has 0 amide bonds. The highest BCUT2D eigenvalue weighted by Gasteiger charge is 2.27. The standard InChI is InChI=1S/C11H17FN2O2/c1-2-11(6-15,7-16)14-9-5-3-4-8(12)10(9)13/h3-5,14-16H,2,6-7,13H2,1H3. The fraction of sp³-hybridized carbons (Fsp3) is 0.455. The summed E-state index contributed by atoms with van der Waals surface area (Å²) in [6.07, 6.45) is 0.496. The smallest absolute Gasteiger partial charge is 0.148 e. The minimum Gasteiger partial charge on any atom is -0.395 e. The van der Waals surface area contributed by atoms with Gasteiger partial charge in [0.1, 0.15) is 5.82 Å². The van der Waals surface area contributed by atoms with Gasteiger partial charge in [0.2, 0.25) is 0 Å². The number of aliphatic hydroxyl groups excluding tert-OH is 2. The molecule has 5 N–H and O–H groups in total. The van der Waals surface area contributed by atoms with E-state index in [0.717, 1.165) is 0 Å². The van der Waals surface area contributed by atoms with Gasteiger partial charge in [-0.15, -0.1) is 0 Å². The average Bonchev–Trinajstić information content (AvgIpc) is 2.32. The summed E-state index contributed by atoms with van der Waals surface area (Å²) < 4.78 is 13.2. The van der Waals surface area contributed by atoms with Crippen LogP contribution in [-0.4, -0.2) is 29.0 Å². The van der Waals surface area contributed by atoms with Gasteiger partial charge in [-0.2, -0.15) is 0 Å². The van der Waals surface area contributed by atoms with Gasteiger partial charge in [-0.3, -0.25) is 0 Å². The monoisotopic (exact) mass is 228 g/mol. The fourth-order valence-corrected chi connectivity index (χ4v) is 1.37. The Kier molecular flexibility index (Phi) is 4.09. The molecule has 0 bridgehead atoms. The van der Waals surface area contributed by atoms with Crippen LogP contribution in [0.5, 0.6) is 0 Å². The van der Waals surface area contributed by atoms with Crippen molar-refractivity contribution in [1.29, 1.82) is 0 Å². The van der Waals surface area contributed by atoms with Crippen LogP contribution in [0, 0.1) is 5.82 Å². The molecule has 0 saturated heterocycles. The summed E-state index contributed by atoms with van der Waals surface area (Å²) in [6, 6.07) is 4.38. The number of benzene rings is 1. The van der Waals surface area contributed by atoms with Crippen LogP contribution in [0.15, 0.2) is 18.2 Å². The summed E-state index contributed by atoms with van der Waals surface area (Å²) in [5, 5.41) is 21.4. The number of nitrogens with one attached hydrogen (secondary N) is 1. The lowest BCUT2D eigenvalue weighted by molar-refractivity contribution is 0.132. The highest BCUT2D eigenvalue weighted by Crippen LogP contribution is 2.25. The lowest BCUT2D eigenvalue weighted by atomic mass is 9.98. The zero-order valence-electron chi connectivity index (χ0n) is 9.20. The molecular weight excluding hydrogens is 211 g/mol. The van der Waals surface area contributed by atoms with E-state index in [-0.39, 0.29) is 18.9 Å². The van der Waals surface area contributed by atoms with E-state index in [4.69, 9.17) is 5.73 Å². The normalized spacial score (nSPS) is 11.5. The number of halogens is 1. The van der Waals surface area contributed by atoms with Crippen LogP contribution < -0.4 is 11.1 Å². The number of hydrogen-bond acceptors (Lipinski definition) is 4. The summed E-state index contributed by atoms with van der Waals surface area (Å²) in [7, 11) is 0. The predicted octanol–water partition coefficient (Wildman–Crippen LogP) is 0.953. The van der Waals surface area contributed by atoms with Gasteiger partial charge in [0.15, 0.2) is 0 Å². The molecule has 1 aromatic rings. The predicted molar refractivity (Wildman–Crippen MR) is 61.6 cm³/mol. The molecule has 0 aliphatic heterocycles. The van der Waals surface area contributed by atoms with Crippen LogP contribution in [-0.2, 0) is 0 Å². The quantitative estimate of drug-likeness (QED) is 0.566. The molecule has 16 heavy (non-hydrogen) atoms. The Labute approximate surface area is 93.9 Å². The first-order valence-corrected chi connectivity index (χ1v) is 5.12. The van der Waals surface area contributed by atoms with Crippen molar-refractivity contribution in [2.75, 3.05) is 24.3 Å². The minimum absolute atomic E-state index is 0.0118. The van der Waals surface area contributed by atoms with E-state index in [1.165, 1.54) is 12.1 Å². The van der Waals surface area contributed by atoms with E-state index < -0.39 is 11.4 Å². The molecule has 0 atom stereocenters. The van der Waals surface area contributed by atoms with Crippen LogP contribution in [0.25, 0.3) is 0 Å². The summed E-state index contributed by atoms with van der Waals surface area (Å²) in [5.74, 6) is -0.522. The topological polar surface area (TPSA) is 78.5 Å². The number of anilines is 2. The molecule has 4 nitrogen and oxygen atoms in total. The van der Waals surface area contributed by atoms with Crippen LogP contribution in [0.4, 0.5) is 15.8 Å². The van der Waals surface area contributed by atoms with E-state index in [0.29, 0.717) is 12.1 Å². The highest BCUT2D eigenvalue weighted by molar-refractivity contribution is 5.67. The summed E-state index contributed by atoms with van der Waals surface area (Å²) in [4.78, 5) is 0. The third-order valence-corrected chi connectivity index (χ3v) is 2.73. The van der Waals surface area contributed by atoms with Crippen molar-refractivity contribution in [1.82, 2.24) is 0 Å². The number of nitrogen functional groups attached to an aromatic ring is 1. The molecule has 0 aliphatic carbocycles. The Bertz CT molecular complexity index is 346. The van der Waals surface area contributed by atoms with Crippen LogP contribution >= 0.6 is 0 Å². The molecule has 0 saturated carbocycles. The molecule has 0 radical (unpaired) electrons. The van der Waals surface area contributed by atoms with Gasteiger partial charge in [-0.25, -0.2) is 4.39 Å². The summed E-state index contributed by atoms with van der Waals surface area (Å²) in [5.41, 5.74) is 5.05. The second-order valence-electron chi connectivity index (χ2n) is 3.78. The Morgan fingerprint density at radius 1 is 1.38 bits per heavy atom. The molecule has 90 valence electrons. The van der Waals surface area contributed by atoms with Crippen LogP contribution in [0.3, 0.4) is 0 Å². The van der Waals surface area contributed by atoms with E-state index in [9.17, 15) is 14.6 Å². The maximum absolute atomic E-state index is 13.2. The van der Waals surface area contributed by atoms with Crippen molar-refractivity contribution in [3.8, 4) is 0 Å². The van der Waals surface area contributed by atoms with E-state index in [1.807, 2.05) is 6.92 Å². The van der Waals surface area contributed by atoms with Crippen molar-refractivity contribution in [2.45, 2.75) is 18.9 Å². The SMILES string of the molecule is CCC(CO)(CO)Nc1cccc(F)c1N. The number of hydrogen-bond donors (Lipinski definition) is 4. The van der Waals surface area contributed by atoms with Crippen molar-refractivity contribution in [3.05, 3.63) is 24.0 Å². The molecule has 0 fully saturated rings. The first-order chi connectivity index (χ1) is 7.58. The largest absolute Gasteiger partial charge is 0.395 e. The minimum atomic E-state index is -0.873. The molecule has 0 aliphatic rings. The molecule has 0 unspecified atom stereocenters. The van der Waals surface area contributed by atoms with Crippen molar-refractivity contribution in [3.63, 3.8) is 0 Å². The van der Waals surface area contributed by atoms with E-state index in [1.54, 1.807) is 6.07 Å². The highest BCUT2D eigenvalue weighted by atomic mass is 19.1. The third-order valence-electron chi connectivity index (χ3n) is 2.73. The Balaban J connectivity index is 2.98.